The predicted octanol–water partition coefficient (Wildman–Crippen LogP) is 2.83. The van der Waals surface area contributed by atoms with E-state index in [1.54, 1.807) is 6.92 Å². The lowest BCUT2D eigenvalue weighted by atomic mass is 9.92. The molecule has 3 nitrogen and oxygen atoms in total. The molecule has 0 aromatic heterocycles. The first-order valence-corrected chi connectivity index (χ1v) is 7.04. The van der Waals surface area contributed by atoms with Gasteiger partial charge in [-0.05, 0) is 30.5 Å². The van der Waals surface area contributed by atoms with Crippen molar-refractivity contribution >= 4 is 5.91 Å². The zero-order valence-electron chi connectivity index (χ0n) is 12.6. The number of amides is 1. The summed E-state index contributed by atoms with van der Waals surface area (Å²) in [6.07, 6.45) is 0.933. The van der Waals surface area contributed by atoms with Gasteiger partial charge in [0.25, 0.3) is 0 Å². The zero-order valence-corrected chi connectivity index (χ0v) is 12.6. The monoisotopic (exact) mass is 281 g/mol. The fraction of sp³-hybridized carbons (Fsp3) is 0.562. The Kier molecular flexibility index (Phi) is 5.69. The Hall–Kier alpha value is -1.42. The van der Waals surface area contributed by atoms with Crippen molar-refractivity contribution in [3.05, 3.63) is 35.6 Å². The highest BCUT2D eigenvalue weighted by Gasteiger charge is 2.26. The van der Waals surface area contributed by atoms with Crippen molar-refractivity contribution in [1.82, 2.24) is 5.32 Å². The van der Waals surface area contributed by atoms with Gasteiger partial charge in [0, 0.05) is 5.92 Å². The van der Waals surface area contributed by atoms with E-state index < -0.39 is 5.60 Å². The molecule has 0 saturated heterocycles. The summed E-state index contributed by atoms with van der Waals surface area (Å²) in [4.78, 5) is 12.0. The van der Waals surface area contributed by atoms with Gasteiger partial charge in [0.05, 0.1) is 6.54 Å². The molecule has 0 radical (unpaired) electrons. The number of hydrogen-bond donors (Lipinski definition) is 2. The van der Waals surface area contributed by atoms with Crippen LogP contribution in [0.15, 0.2) is 24.3 Å². The Balaban J connectivity index is 2.63. The van der Waals surface area contributed by atoms with E-state index >= 15 is 0 Å². The van der Waals surface area contributed by atoms with Crippen LogP contribution in [0.5, 0.6) is 0 Å². The molecule has 3 atom stereocenters. The fourth-order valence-electron chi connectivity index (χ4n) is 1.94. The van der Waals surface area contributed by atoms with Crippen molar-refractivity contribution < 1.29 is 14.3 Å². The molecule has 0 aliphatic heterocycles. The largest absolute Gasteiger partial charge is 0.384 e. The van der Waals surface area contributed by atoms with Gasteiger partial charge in [0.15, 0.2) is 0 Å². The third-order valence-electron chi connectivity index (χ3n) is 3.98. The molecule has 0 fully saturated rings. The van der Waals surface area contributed by atoms with E-state index in [1.165, 1.54) is 24.3 Å². The topological polar surface area (TPSA) is 49.3 Å². The van der Waals surface area contributed by atoms with Gasteiger partial charge in [-0.1, -0.05) is 39.3 Å². The van der Waals surface area contributed by atoms with E-state index in [0.717, 1.165) is 6.42 Å². The van der Waals surface area contributed by atoms with Crippen molar-refractivity contribution in [2.24, 2.45) is 11.8 Å². The fourth-order valence-corrected chi connectivity index (χ4v) is 1.94. The minimum Gasteiger partial charge on any atom is -0.384 e. The molecule has 0 aliphatic rings. The predicted molar refractivity (Wildman–Crippen MR) is 77.6 cm³/mol. The highest BCUT2D eigenvalue weighted by atomic mass is 19.1. The second kappa shape index (κ2) is 6.84. The van der Waals surface area contributed by atoms with Gasteiger partial charge in [-0.25, -0.2) is 4.39 Å². The molecule has 0 bridgehead atoms. The van der Waals surface area contributed by atoms with Crippen LogP contribution in [0, 0.1) is 17.7 Å². The minimum atomic E-state index is -1.21. The molecule has 0 heterocycles. The molecule has 112 valence electrons. The van der Waals surface area contributed by atoms with Crippen LogP contribution in [-0.2, 0) is 10.4 Å². The van der Waals surface area contributed by atoms with Gasteiger partial charge in [0.2, 0.25) is 5.91 Å². The van der Waals surface area contributed by atoms with Crippen molar-refractivity contribution in [2.75, 3.05) is 6.54 Å². The molecule has 4 heteroatoms. The average Bonchev–Trinajstić information content (AvgIpc) is 2.43. The van der Waals surface area contributed by atoms with Crippen LogP contribution in [0.1, 0.15) is 39.7 Å². The highest BCUT2D eigenvalue weighted by Crippen LogP contribution is 2.21. The molecule has 1 rings (SSSR count). The Morgan fingerprint density at radius 2 is 1.90 bits per heavy atom. The molecule has 20 heavy (non-hydrogen) atoms. The Morgan fingerprint density at radius 3 is 2.40 bits per heavy atom. The van der Waals surface area contributed by atoms with Crippen molar-refractivity contribution in [2.45, 2.75) is 39.7 Å². The summed E-state index contributed by atoms with van der Waals surface area (Å²) in [6, 6.07) is 5.65. The van der Waals surface area contributed by atoms with E-state index in [0.29, 0.717) is 11.5 Å². The molecule has 2 N–H and O–H groups in total. The number of nitrogens with one attached hydrogen (secondary N) is 1. The normalized spacial score (nSPS) is 17.1. The number of aliphatic hydroxyl groups is 1. The maximum atomic E-state index is 12.9. The van der Waals surface area contributed by atoms with Gasteiger partial charge in [-0.3, -0.25) is 4.79 Å². The van der Waals surface area contributed by atoms with Gasteiger partial charge in [0.1, 0.15) is 11.4 Å². The summed E-state index contributed by atoms with van der Waals surface area (Å²) in [5.41, 5.74) is -0.631. The molecular weight excluding hydrogens is 257 g/mol. The first-order chi connectivity index (χ1) is 9.27. The standard InChI is InChI=1S/C16H24FNO2/c1-5-11(2)12(3)15(19)18-10-16(4,20)13-6-8-14(17)9-7-13/h6-9,11-12,20H,5,10H2,1-4H3,(H,18,19). The maximum absolute atomic E-state index is 12.9. The van der Waals surface area contributed by atoms with Crippen LogP contribution in [0.3, 0.4) is 0 Å². The molecule has 1 amide bonds. The van der Waals surface area contributed by atoms with Crippen molar-refractivity contribution in [3.8, 4) is 0 Å². The average molecular weight is 281 g/mol. The second-order valence-electron chi connectivity index (χ2n) is 5.67. The summed E-state index contributed by atoms with van der Waals surface area (Å²) in [5.74, 6) is -0.212. The number of benzene rings is 1. The lowest BCUT2D eigenvalue weighted by Gasteiger charge is -2.26. The Bertz CT molecular complexity index is 442. The summed E-state index contributed by atoms with van der Waals surface area (Å²) in [6.45, 7) is 7.67. The summed E-state index contributed by atoms with van der Waals surface area (Å²) >= 11 is 0. The highest BCUT2D eigenvalue weighted by molar-refractivity contribution is 5.78. The molecule has 0 spiro atoms. The lowest BCUT2D eigenvalue weighted by molar-refractivity contribution is -0.127. The summed E-state index contributed by atoms with van der Waals surface area (Å²) in [5, 5.41) is 13.1. The maximum Gasteiger partial charge on any atom is 0.223 e. The molecule has 1 aromatic rings. The minimum absolute atomic E-state index is 0.0678. The van der Waals surface area contributed by atoms with E-state index in [-0.39, 0.29) is 24.2 Å². The van der Waals surface area contributed by atoms with E-state index in [2.05, 4.69) is 5.32 Å². The van der Waals surface area contributed by atoms with Gasteiger partial charge in [-0.2, -0.15) is 0 Å². The Labute approximate surface area is 120 Å². The Morgan fingerprint density at radius 1 is 1.35 bits per heavy atom. The molecule has 1 aromatic carbocycles. The smallest absolute Gasteiger partial charge is 0.223 e. The third-order valence-corrected chi connectivity index (χ3v) is 3.98. The first kappa shape index (κ1) is 16.6. The number of rotatable bonds is 6. The quantitative estimate of drug-likeness (QED) is 0.842. The number of carbonyl (C=O) groups excluding carboxylic acids is 1. The molecule has 3 unspecified atom stereocenters. The van der Waals surface area contributed by atoms with Gasteiger partial charge < -0.3 is 10.4 Å². The van der Waals surface area contributed by atoms with Crippen LogP contribution in [0.4, 0.5) is 4.39 Å². The molecular formula is C16H24FNO2. The van der Waals surface area contributed by atoms with Crippen LogP contribution < -0.4 is 5.32 Å². The van der Waals surface area contributed by atoms with Crippen LogP contribution >= 0.6 is 0 Å². The van der Waals surface area contributed by atoms with Crippen LogP contribution in [0.25, 0.3) is 0 Å². The summed E-state index contributed by atoms with van der Waals surface area (Å²) < 4.78 is 12.9. The zero-order chi connectivity index (χ0) is 15.3. The second-order valence-corrected chi connectivity index (χ2v) is 5.67. The van der Waals surface area contributed by atoms with Gasteiger partial charge in [-0.15, -0.1) is 0 Å². The van der Waals surface area contributed by atoms with Crippen LogP contribution in [0.2, 0.25) is 0 Å². The van der Waals surface area contributed by atoms with Gasteiger partial charge >= 0.3 is 0 Å². The van der Waals surface area contributed by atoms with Crippen molar-refractivity contribution in [1.29, 1.82) is 0 Å². The van der Waals surface area contributed by atoms with E-state index in [1.807, 2.05) is 20.8 Å². The number of hydrogen-bond acceptors (Lipinski definition) is 2. The van der Waals surface area contributed by atoms with E-state index in [4.69, 9.17) is 0 Å². The number of carbonyl (C=O) groups is 1. The lowest BCUT2D eigenvalue weighted by Crippen LogP contribution is -2.41. The summed E-state index contributed by atoms with van der Waals surface area (Å²) in [7, 11) is 0. The van der Waals surface area contributed by atoms with E-state index in [9.17, 15) is 14.3 Å². The number of halogens is 1. The van der Waals surface area contributed by atoms with Crippen molar-refractivity contribution in [3.63, 3.8) is 0 Å². The molecule has 0 saturated carbocycles. The third kappa shape index (κ3) is 4.30. The first-order valence-electron chi connectivity index (χ1n) is 7.04. The van der Waals surface area contributed by atoms with Crippen LogP contribution in [-0.4, -0.2) is 17.6 Å². The SMILES string of the molecule is CCC(C)C(C)C(=O)NCC(C)(O)c1ccc(F)cc1. The molecule has 0 aliphatic carbocycles.